The molecule has 1 fully saturated rings. The molecule has 1 aliphatic rings. The third-order valence-electron chi connectivity index (χ3n) is 4.60. The molecule has 134 valence electrons. The van der Waals surface area contributed by atoms with Crippen LogP contribution in [0.4, 0.5) is 5.82 Å². The molecule has 1 saturated heterocycles. The lowest BCUT2D eigenvalue weighted by Crippen LogP contribution is -2.20. The molecule has 3 rings (SSSR count). The second kappa shape index (κ2) is 7.74. The van der Waals surface area contributed by atoms with E-state index in [0.717, 1.165) is 0 Å². The van der Waals surface area contributed by atoms with Gasteiger partial charge in [-0.3, -0.25) is 4.57 Å². The smallest absolute Gasteiger partial charge is 0.236 e. The highest BCUT2D eigenvalue weighted by Crippen LogP contribution is 2.54. The van der Waals surface area contributed by atoms with Crippen molar-refractivity contribution in [2.75, 3.05) is 19.0 Å². The molecule has 2 aromatic rings. The Balaban J connectivity index is 1.95. The van der Waals surface area contributed by atoms with Crippen LogP contribution in [0.2, 0.25) is 0 Å². The molecule has 3 heterocycles. The second-order valence-corrected chi connectivity index (χ2v) is 11.8. The summed E-state index contributed by atoms with van der Waals surface area (Å²) in [4.78, 5) is 12.9. The Bertz CT molecular complexity index is 808. The topological polar surface area (TPSA) is 97.9 Å². The number of nitrogens with zero attached hydrogens (tertiary/aromatic N) is 5. The SMILES string of the molecule is CNc1nc(C#N)nc2c1ncn2C1O[C@H](COP(P)P)[C@@H](C)[C@H]1C. The van der Waals surface area contributed by atoms with Crippen molar-refractivity contribution < 1.29 is 9.26 Å². The lowest BCUT2D eigenvalue weighted by Gasteiger charge is -2.18. The molecule has 0 bridgehead atoms. The van der Waals surface area contributed by atoms with E-state index in [1.54, 1.807) is 13.4 Å². The molecular formula is C14H21N6O2P3. The van der Waals surface area contributed by atoms with Gasteiger partial charge in [-0.25, -0.2) is 4.98 Å². The van der Waals surface area contributed by atoms with E-state index in [-0.39, 0.29) is 24.1 Å². The predicted octanol–water partition coefficient (Wildman–Crippen LogP) is 2.90. The number of nitriles is 1. The standard InChI is InChI=1S/C14H21N6O2P3/c1-7-8(2)14(22-9(7)5-21-25(23)24)20-6-17-11-12(16-3)18-10(4-15)19-13(11)20/h6-9,14H,5,23-24H2,1-3H3,(H,16,18,19)/t7-,8+,9+,14?/m0/s1. The normalized spacial score (nSPS) is 26.3. The first-order valence-electron chi connectivity index (χ1n) is 7.86. The number of nitrogens with one attached hydrogen (secondary N) is 1. The monoisotopic (exact) mass is 398 g/mol. The fourth-order valence-corrected chi connectivity index (χ4v) is 3.86. The minimum Gasteiger partial charge on any atom is -0.371 e. The zero-order valence-electron chi connectivity index (χ0n) is 14.2. The molecule has 25 heavy (non-hydrogen) atoms. The average Bonchev–Trinajstić information content (AvgIpc) is 3.14. The molecular weight excluding hydrogens is 377 g/mol. The number of hydrogen-bond donors (Lipinski definition) is 1. The van der Waals surface area contributed by atoms with Crippen molar-refractivity contribution in [2.45, 2.75) is 26.2 Å². The lowest BCUT2D eigenvalue weighted by molar-refractivity contribution is -0.0269. The molecule has 2 aromatic heterocycles. The zero-order chi connectivity index (χ0) is 18.1. The summed E-state index contributed by atoms with van der Waals surface area (Å²) >= 11 is 0. The molecule has 0 saturated carbocycles. The zero-order valence-corrected chi connectivity index (χ0v) is 17.5. The molecule has 11 heteroatoms. The maximum atomic E-state index is 9.19. The van der Waals surface area contributed by atoms with Gasteiger partial charge < -0.3 is 14.6 Å². The lowest BCUT2D eigenvalue weighted by atomic mass is 9.93. The van der Waals surface area contributed by atoms with Crippen LogP contribution < -0.4 is 5.32 Å². The molecule has 1 aliphatic heterocycles. The highest BCUT2D eigenvalue weighted by Gasteiger charge is 2.41. The van der Waals surface area contributed by atoms with Gasteiger partial charge in [-0.2, -0.15) is 15.2 Å². The molecule has 0 aliphatic carbocycles. The van der Waals surface area contributed by atoms with Gasteiger partial charge in [0.15, 0.2) is 17.0 Å². The van der Waals surface area contributed by atoms with E-state index in [1.165, 1.54) is 0 Å². The molecule has 0 aromatic carbocycles. The van der Waals surface area contributed by atoms with Crippen LogP contribution >= 0.6 is 25.4 Å². The van der Waals surface area contributed by atoms with Crippen molar-refractivity contribution in [1.82, 2.24) is 19.5 Å². The van der Waals surface area contributed by atoms with Gasteiger partial charge in [-0.1, -0.05) is 31.7 Å². The predicted molar refractivity (Wildman–Crippen MR) is 104 cm³/mol. The minimum absolute atomic E-state index is 0.00425. The maximum Gasteiger partial charge on any atom is 0.236 e. The van der Waals surface area contributed by atoms with Crippen LogP contribution in [0.25, 0.3) is 11.2 Å². The summed E-state index contributed by atoms with van der Waals surface area (Å²) in [6.45, 7) is 4.87. The van der Waals surface area contributed by atoms with Gasteiger partial charge in [0, 0.05) is 13.0 Å². The summed E-state index contributed by atoms with van der Waals surface area (Å²) in [6.07, 6.45) is 1.50. The van der Waals surface area contributed by atoms with E-state index in [2.05, 4.69) is 52.0 Å². The Hall–Kier alpha value is -0.950. The fraction of sp³-hybridized carbons (Fsp3) is 0.571. The van der Waals surface area contributed by atoms with E-state index in [4.69, 9.17) is 9.26 Å². The highest BCUT2D eigenvalue weighted by atomic mass is 32.4. The summed E-state index contributed by atoms with van der Waals surface area (Å²) in [5.74, 6) is 1.22. The van der Waals surface area contributed by atoms with E-state index < -0.39 is 7.53 Å². The summed E-state index contributed by atoms with van der Waals surface area (Å²) in [5.41, 5.74) is 1.23. The van der Waals surface area contributed by atoms with E-state index >= 15 is 0 Å². The van der Waals surface area contributed by atoms with E-state index in [0.29, 0.717) is 29.5 Å². The fourth-order valence-electron chi connectivity index (χ4n) is 3.02. The van der Waals surface area contributed by atoms with Gasteiger partial charge in [0.25, 0.3) is 0 Å². The Labute approximate surface area is 152 Å². The second-order valence-electron chi connectivity index (χ2n) is 6.02. The quantitative estimate of drug-likeness (QED) is 0.774. The highest BCUT2D eigenvalue weighted by molar-refractivity contribution is 8.41. The van der Waals surface area contributed by atoms with Crippen molar-refractivity contribution in [3.8, 4) is 6.07 Å². The first-order chi connectivity index (χ1) is 12.0. The van der Waals surface area contributed by atoms with Crippen LogP contribution in [0, 0.1) is 23.2 Å². The van der Waals surface area contributed by atoms with Gasteiger partial charge in [0.05, 0.1) is 26.6 Å². The summed E-state index contributed by atoms with van der Waals surface area (Å²) < 4.78 is 13.9. The van der Waals surface area contributed by atoms with Gasteiger partial charge in [-0.15, -0.1) is 0 Å². The summed E-state index contributed by atoms with van der Waals surface area (Å²) in [7, 11) is 6.47. The number of fused-ring (bicyclic) bond motifs is 1. The van der Waals surface area contributed by atoms with Gasteiger partial charge >= 0.3 is 0 Å². The van der Waals surface area contributed by atoms with E-state index in [1.807, 2.05) is 10.6 Å². The molecule has 1 N–H and O–H groups in total. The molecule has 0 spiro atoms. The van der Waals surface area contributed by atoms with Crippen LogP contribution in [-0.2, 0) is 9.26 Å². The van der Waals surface area contributed by atoms with Crippen LogP contribution in [-0.4, -0.2) is 39.3 Å². The van der Waals surface area contributed by atoms with Crippen molar-refractivity contribution in [3.05, 3.63) is 12.2 Å². The number of ether oxygens (including phenoxy) is 1. The third-order valence-corrected chi connectivity index (χ3v) is 5.94. The van der Waals surface area contributed by atoms with Crippen LogP contribution in [0.3, 0.4) is 0 Å². The first-order valence-corrected chi connectivity index (χ1v) is 12.4. The molecule has 8 nitrogen and oxygen atoms in total. The molecule has 0 radical (unpaired) electrons. The average molecular weight is 398 g/mol. The molecule has 0 amide bonds. The van der Waals surface area contributed by atoms with Crippen LogP contribution in [0.15, 0.2) is 6.33 Å². The van der Waals surface area contributed by atoms with Crippen molar-refractivity contribution in [1.29, 1.82) is 5.26 Å². The summed E-state index contributed by atoms with van der Waals surface area (Å²) in [6, 6.07) is 2.00. The van der Waals surface area contributed by atoms with E-state index in [9.17, 15) is 5.26 Å². The Morgan fingerprint density at radius 3 is 2.80 bits per heavy atom. The Morgan fingerprint density at radius 1 is 1.40 bits per heavy atom. The third kappa shape index (κ3) is 3.63. The minimum atomic E-state index is -0.581. The number of imidazole rings is 1. The first kappa shape index (κ1) is 18.8. The van der Waals surface area contributed by atoms with Gasteiger partial charge in [0.1, 0.15) is 12.3 Å². The van der Waals surface area contributed by atoms with Crippen LogP contribution in [0.1, 0.15) is 25.9 Å². The Morgan fingerprint density at radius 2 is 2.16 bits per heavy atom. The maximum absolute atomic E-state index is 9.19. The summed E-state index contributed by atoms with van der Waals surface area (Å²) in [5, 5.41) is 12.2. The van der Waals surface area contributed by atoms with Gasteiger partial charge in [-0.05, 0) is 5.92 Å². The van der Waals surface area contributed by atoms with Crippen molar-refractivity contribution in [2.24, 2.45) is 11.8 Å². The van der Waals surface area contributed by atoms with Crippen LogP contribution in [0.5, 0.6) is 0 Å². The number of rotatable bonds is 5. The Kier molecular flexibility index (Phi) is 5.83. The van der Waals surface area contributed by atoms with Crippen molar-refractivity contribution >= 4 is 42.4 Å². The van der Waals surface area contributed by atoms with Gasteiger partial charge in [0.2, 0.25) is 5.82 Å². The molecule has 3 unspecified atom stereocenters. The number of aromatic nitrogens is 4. The molecule has 6 atom stereocenters. The van der Waals surface area contributed by atoms with Crippen molar-refractivity contribution in [3.63, 3.8) is 0 Å². The number of hydrogen-bond acceptors (Lipinski definition) is 7. The largest absolute Gasteiger partial charge is 0.371 e. The number of anilines is 1.